The number of benzene rings is 1. The van der Waals surface area contributed by atoms with E-state index in [1.807, 2.05) is 48.9 Å². The summed E-state index contributed by atoms with van der Waals surface area (Å²) in [4.78, 5) is 0. The van der Waals surface area contributed by atoms with Crippen molar-refractivity contribution in [2.75, 3.05) is 0 Å². The van der Waals surface area contributed by atoms with Gasteiger partial charge in [-0.25, -0.2) is 4.68 Å². The molecule has 96 valence electrons. The third-order valence-corrected chi connectivity index (χ3v) is 3.26. The first-order valence-corrected chi connectivity index (χ1v) is 6.46. The largest absolute Gasteiger partial charge is 0.355 e. The fourth-order valence-electron chi connectivity index (χ4n) is 1.88. The van der Waals surface area contributed by atoms with E-state index in [0.29, 0.717) is 19.2 Å². The lowest BCUT2D eigenvalue weighted by molar-refractivity contribution is 0.0546. The van der Waals surface area contributed by atoms with Gasteiger partial charge in [-0.05, 0) is 19.4 Å². The van der Waals surface area contributed by atoms with Gasteiger partial charge in [-0.3, -0.25) is 0 Å². The van der Waals surface area contributed by atoms with Crippen LogP contribution in [0.15, 0.2) is 30.3 Å². The van der Waals surface area contributed by atoms with Gasteiger partial charge >= 0.3 is 0 Å². The Bertz CT molecular complexity index is 508. The smallest absolute Gasteiger partial charge is 0.140 e. The number of rotatable bonds is 5. The predicted molar refractivity (Wildman–Crippen MR) is 72.5 cm³/mol. The Kier molecular flexibility index (Phi) is 4.39. The van der Waals surface area contributed by atoms with Crippen LogP contribution in [0.2, 0.25) is 0 Å². The second kappa shape index (κ2) is 6.03. The SMILES string of the molecule is Cc1nn(COCc2ccccc2)c(C)c1CCl. The van der Waals surface area contributed by atoms with E-state index in [4.69, 9.17) is 16.3 Å². The summed E-state index contributed by atoms with van der Waals surface area (Å²) in [6.45, 7) is 5.04. The first kappa shape index (κ1) is 13.1. The van der Waals surface area contributed by atoms with Crippen LogP contribution in [0.5, 0.6) is 0 Å². The highest BCUT2D eigenvalue weighted by atomic mass is 35.5. The molecule has 0 saturated heterocycles. The summed E-state index contributed by atoms with van der Waals surface area (Å²) in [7, 11) is 0. The summed E-state index contributed by atoms with van der Waals surface area (Å²) >= 11 is 5.89. The lowest BCUT2D eigenvalue weighted by atomic mass is 10.2. The molecule has 0 aliphatic carbocycles. The molecule has 0 atom stereocenters. The summed E-state index contributed by atoms with van der Waals surface area (Å²) in [5, 5.41) is 4.42. The van der Waals surface area contributed by atoms with Crippen molar-refractivity contribution in [1.29, 1.82) is 0 Å². The number of hydrogen-bond donors (Lipinski definition) is 0. The maximum atomic E-state index is 5.89. The van der Waals surface area contributed by atoms with E-state index in [2.05, 4.69) is 5.10 Å². The maximum absolute atomic E-state index is 5.89. The van der Waals surface area contributed by atoms with Gasteiger partial charge in [0.05, 0.1) is 18.2 Å². The average Bonchev–Trinajstić information content (AvgIpc) is 2.65. The van der Waals surface area contributed by atoms with Crippen molar-refractivity contribution in [2.24, 2.45) is 0 Å². The molecule has 0 amide bonds. The number of halogens is 1. The van der Waals surface area contributed by atoms with Crippen LogP contribution in [0.25, 0.3) is 0 Å². The Morgan fingerprint density at radius 1 is 1.22 bits per heavy atom. The molecule has 0 radical (unpaired) electrons. The lowest BCUT2D eigenvalue weighted by Crippen LogP contribution is -2.06. The van der Waals surface area contributed by atoms with E-state index in [-0.39, 0.29) is 0 Å². The number of nitrogens with zero attached hydrogens (tertiary/aromatic N) is 2. The van der Waals surface area contributed by atoms with Crippen molar-refractivity contribution in [3.8, 4) is 0 Å². The van der Waals surface area contributed by atoms with Crippen molar-refractivity contribution in [1.82, 2.24) is 9.78 Å². The van der Waals surface area contributed by atoms with Crippen LogP contribution >= 0.6 is 11.6 Å². The van der Waals surface area contributed by atoms with Crippen molar-refractivity contribution >= 4 is 11.6 Å². The molecule has 0 bridgehead atoms. The zero-order valence-corrected chi connectivity index (χ0v) is 11.4. The second-order valence-electron chi connectivity index (χ2n) is 4.25. The molecule has 0 saturated carbocycles. The van der Waals surface area contributed by atoms with E-state index in [1.165, 1.54) is 0 Å². The minimum absolute atomic E-state index is 0.457. The normalized spacial score (nSPS) is 10.8. The zero-order chi connectivity index (χ0) is 13.0. The molecular formula is C14H17ClN2O. The molecule has 0 N–H and O–H groups in total. The molecule has 3 nitrogen and oxygen atoms in total. The number of hydrogen-bond acceptors (Lipinski definition) is 2. The molecule has 2 rings (SSSR count). The topological polar surface area (TPSA) is 27.1 Å². The Morgan fingerprint density at radius 2 is 1.94 bits per heavy atom. The predicted octanol–water partition coefficient (Wildman–Crippen LogP) is 3.41. The lowest BCUT2D eigenvalue weighted by Gasteiger charge is -2.06. The number of ether oxygens (including phenoxy) is 1. The minimum Gasteiger partial charge on any atom is -0.355 e. The summed E-state index contributed by atoms with van der Waals surface area (Å²) < 4.78 is 7.51. The highest BCUT2D eigenvalue weighted by Gasteiger charge is 2.09. The minimum atomic E-state index is 0.457. The molecule has 0 aliphatic rings. The Balaban J connectivity index is 1.95. The summed E-state index contributed by atoms with van der Waals surface area (Å²) in [5.41, 5.74) is 4.32. The van der Waals surface area contributed by atoms with E-state index >= 15 is 0 Å². The fraction of sp³-hybridized carbons (Fsp3) is 0.357. The van der Waals surface area contributed by atoms with Gasteiger partial charge in [-0.1, -0.05) is 30.3 Å². The van der Waals surface area contributed by atoms with Gasteiger partial charge < -0.3 is 4.74 Å². The molecule has 18 heavy (non-hydrogen) atoms. The van der Waals surface area contributed by atoms with Crippen molar-refractivity contribution < 1.29 is 4.74 Å². The third kappa shape index (κ3) is 2.92. The van der Waals surface area contributed by atoms with E-state index in [1.54, 1.807) is 0 Å². The third-order valence-electron chi connectivity index (χ3n) is 2.99. The first-order chi connectivity index (χ1) is 8.72. The molecule has 1 heterocycles. The van der Waals surface area contributed by atoms with Gasteiger partial charge in [0.2, 0.25) is 0 Å². The average molecular weight is 265 g/mol. The van der Waals surface area contributed by atoms with Gasteiger partial charge in [-0.15, -0.1) is 11.6 Å². The summed E-state index contributed by atoms with van der Waals surface area (Å²) in [6, 6.07) is 10.1. The monoisotopic (exact) mass is 264 g/mol. The Labute approximate surface area is 112 Å². The molecule has 0 spiro atoms. The van der Waals surface area contributed by atoms with Crippen molar-refractivity contribution in [3.63, 3.8) is 0 Å². The molecule has 0 unspecified atom stereocenters. The van der Waals surface area contributed by atoms with Crippen LogP contribution in [0.1, 0.15) is 22.5 Å². The Hall–Kier alpha value is -1.32. The van der Waals surface area contributed by atoms with E-state index < -0.39 is 0 Å². The number of aryl methyl sites for hydroxylation is 1. The van der Waals surface area contributed by atoms with Gasteiger partial charge in [0.15, 0.2) is 0 Å². The Morgan fingerprint density at radius 3 is 2.56 bits per heavy atom. The van der Waals surface area contributed by atoms with E-state index in [9.17, 15) is 0 Å². The molecule has 0 fully saturated rings. The van der Waals surface area contributed by atoms with Crippen LogP contribution in [0.4, 0.5) is 0 Å². The second-order valence-corrected chi connectivity index (χ2v) is 4.51. The molecular weight excluding hydrogens is 248 g/mol. The first-order valence-electron chi connectivity index (χ1n) is 5.93. The summed E-state index contributed by atoms with van der Waals surface area (Å²) in [6.07, 6.45) is 0. The highest BCUT2D eigenvalue weighted by Crippen LogP contribution is 2.15. The van der Waals surface area contributed by atoms with Crippen LogP contribution in [0.3, 0.4) is 0 Å². The van der Waals surface area contributed by atoms with Crippen LogP contribution in [0, 0.1) is 13.8 Å². The van der Waals surface area contributed by atoms with Crippen LogP contribution < -0.4 is 0 Å². The zero-order valence-electron chi connectivity index (χ0n) is 10.7. The standard InChI is InChI=1S/C14H17ClN2O/c1-11-14(8-15)12(2)17(16-11)10-18-9-13-6-4-3-5-7-13/h3-7H,8-10H2,1-2H3. The quantitative estimate of drug-likeness (QED) is 0.774. The maximum Gasteiger partial charge on any atom is 0.140 e. The fourth-order valence-corrected chi connectivity index (χ4v) is 2.26. The molecule has 2 aromatic rings. The van der Waals surface area contributed by atoms with Crippen molar-refractivity contribution in [3.05, 3.63) is 52.8 Å². The number of aromatic nitrogens is 2. The van der Waals surface area contributed by atoms with Gasteiger partial charge in [0.25, 0.3) is 0 Å². The van der Waals surface area contributed by atoms with Gasteiger partial charge in [0, 0.05) is 11.3 Å². The van der Waals surface area contributed by atoms with Crippen LogP contribution in [-0.2, 0) is 24.0 Å². The molecule has 0 aliphatic heterocycles. The van der Waals surface area contributed by atoms with Gasteiger partial charge in [0.1, 0.15) is 6.73 Å². The highest BCUT2D eigenvalue weighted by molar-refractivity contribution is 6.17. The van der Waals surface area contributed by atoms with Gasteiger partial charge in [-0.2, -0.15) is 5.10 Å². The van der Waals surface area contributed by atoms with Crippen LogP contribution in [-0.4, -0.2) is 9.78 Å². The molecule has 1 aromatic heterocycles. The summed E-state index contributed by atoms with van der Waals surface area (Å²) in [5.74, 6) is 0.496. The number of alkyl halides is 1. The van der Waals surface area contributed by atoms with Crippen molar-refractivity contribution in [2.45, 2.75) is 33.1 Å². The molecule has 1 aromatic carbocycles. The van der Waals surface area contributed by atoms with E-state index in [0.717, 1.165) is 22.5 Å². The molecule has 4 heteroatoms.